The Morgan fingerprint density at radius 3 is 2.18 bits per heavy atom. The van der Waals surface area contributed by atoms with Gasteiger partial charge in [-0.15, -0.1) is 0 Å². The van der Waals surface area contributed by atoms with Gasteiger partial charge in [-0.1, -0.05) is 44.9 Å². The van der Waals surface area contributed by atoms with Gasteiger partial charge in [0.15, 0.2) is 0 Å². The molecule has 2 saturated carbocycles. The molecule has 3 fully saturated rings. The molecule has 3 aliphatic rings. The summed E-state index contributed by atoms with van der Waals surface area (Å²) >= 11 is 0. The molecule has 2 aliphatic carbocycles. The smallest absolute Gasteiger partial charge is 0.408 e. The van der Waals surface area contributed by atoms with Crippen molar-refractivity contribution in [1.29, 1.82) is 0 Å². The van der Waals surface area contributed by atoms with Crippen LogP contribution < -0.4 is 10.6 Å². The zero-order chi connectivity index (χ0) is 24.9. The average molecular weight is 480 g/mol. The van der Waals surface area contributed by atoms with Crippen molar-refractivity contribution < 1.29 is 29.0 Å². The van der Waals surface area contributed by atoms with E-state index in [-0.39, 0.29) is 24.3 Å². The number of hydrogen-bond donors (Lipinski definition) is 3. The van der Waals surface area contributed by atoms with Crippen molar-refractivity contribution in [2.45, 2.75) is 103 Å². The first kappa shape index (κ1) is 26.3. The summed E-state index contributed by atoms with van der Waals surface area (Å²) in [6.07, 6.45) is 9.16. The monoisotopic (exact) mass is 479 g/mol. The minimum Gasteiger partial charge on any atom is -0.480 e. The zero-order valence-corrected chi connectivity index (χ0v) is 20.8. The van der Waals surface area contributed by atoms with Gasteiger partial charge in [0.1, 0.15) is 17.7 Å². The number of nitrogens with one attached hydrogen (secondary N) is 2. The number of carbonyl (C=O) groups excluding carboxylic acids is 3. The van der Waals surface area contributed by atoms with Gasteiger partial charge in [0.2, 0.25) is 11.8 Å². The summed E-state index contributed by atoms with van der Waals surface area (Å²) in [7, 11) is 0. The molecule has 1 heterocycles. The average Bonchev–Trinajstić information content (AvgIpc) is 3.45. The maximum absolute atomic E-state index is 13.0. The maximum atomic E-state index is 13.0. The van der Waals surface area contributed by atoms with E-state index in [1.807, 2.05) is 0 Å². The first-order valence-electron chi connectivity index (χ1n) is 12.8. The van der Waals surface area contributed by atoms with E-state index in [9.17, 15) is 24.3 Å². The van der Waals surface area contributed by atoms with Crippen LogP contribution in [0.15, 0.2) is 0 Å². The molecule has 0 spiro atoms. The summed E-state index contributed by atoms with van der Waals surface area (Å²) in [5.74, 6) is -1.17. The standard InChI is InChI=1S/C25H41N3O6/c1-25(2,3)34-24(33)27-21(17-11-7-8-12-17)22(30)26-14-20(29)28-15-18(13-19(28)23(31)32)16-9-5-4-6-10-16/h16-19,21H,4-15H2,1-3H3,(H,26,30)(H,27,33)(H,31,32)/t18?,19?,21-/m0/s1. The van der Waals surface area contributed by atoms with E-state index < -0.39 is 35.7 Å². The van der Waals surface area contributed by atoms with Crippen LogP contribution in [0.4, 0.5) is 4.79 Å². The van der Waals surface area contributed by atoms with Crippen LogP contribution in [0.2, 0.25) is 0 Å². The minimum atomic E-state index is -0.992. The van der Waals surface area contributed by atoms with Crippen LogP contribution >= 0.6 is 0 Å². The van der Waals surface area contributed by atoms with Crippen LogP contribution in [-0.2, 0) is 19.1 Å². The second-order valence-corrected chi connectivity index (χ2v) is 11.2. The highest BCUT2D eigenvalue weighted by molar-refractivity contribution is 5.91. The largest absolute Gasteiger partial charge is 0.480 e. The van der Waals surface area contributed by atoms with Crippen LogP contribution in [0.25, 0.3) is 0 Å². The fraction of sp³-hybridized carbons (Fsp3) is 0.840. The van der Waals surface area contributed by atoms with Crippen LogP contribution in [0.1, 0.15) is 85.0 Å². The summed E-state index contributed by atoms with van der Waals surface area (Å²) in [5.41, 5.74) is -0.687. The molecule has 1 saturated heterocycles. The molecule has 0 aromatic rings. The Morgan fingerprint density at radius 2 is 1.59 bits per heavy atom. The van der Waals surface area contributed by atoms with E-state index in [1.165, 1.54) is 11.3 Å². The fourth-order valence-corrected chi connectivity index (χ4v) is 5.82. The summed E-state index contributed by atoms with van der Waals surface area (Å²) in [5, 5.41) is 15.1. The van der Waals surface area contributed by atoms with Gasteiger partial charge >= 0.3 is 12.1 Å². The Hall–Kier alpha value is -2.32. The lowest BCUT2D eigenvalue weighted by atomic mass is 9.79. The molecule has 0 aromatic heterocycles. The number of carboxylic acid groups (broad SMARTS) is 1. The number of carboxylic acids is 1. The van der Waals surface area contributed by atoms with E-state index in [0.29, 0.717) is 18.9 Å². The van der Waals surface area contributed by atoms with Crippen LogP contribution in [0.5, 0.6) is 0 Å². The number of alkyl carbamates (subject to hydrolysis) is 1. The Morgan fingerprint density at radius 1 is 0.971 bits per heavy atom. The Bertz CT molecular complexity index is 752. The Kier molecular flexibility index (Phi) is 8.82. The number of likely N-dealkylation sites (tertiary alicyclic amines) is 1. The third kappa shape index (κ3) is 7.09. The van der Waals surface area contributed by atoms with Crippen molar-refractivity contribution in [2.24, 2.45) is 17.8 Å². The molecule has 9 nitrogen and oxygen atoms in total. The number of carbonyl (C=O) groups is 4. The van der Waals surface area contributed by atoms with Crippen molar-refractivity contribution in [1.82, 2.24) is 15.5 Å². The summed E-state index contributed by atoms with van der Waals surface area (Å²) in [4.78, 5) is 51.6. The van der Waals surface area contributed by atoms with Gasteiger partial charge in [-0.2, -0.15) is 0 Å². The number of amides is 3. The highest BCUT2D eigenvalue weighted by atomic mass is 16.6. The van der Waals surface area contributed by atoms with E-state index >= 15 is 0 Å². The van der Waals surface area contributed by atoms with E-state index in [2.05, 4.69) is 10.6 Å². The van der Waals surface area contributed by atoms with Gasteiger partial charge in [0.25, 0.3) is 0 Å². The normalized spacial score (nSPS) is 25.1. The van der Waals surface area contributed by atoms with Gasteiger partial charge in [-0.25, -0.2) is 9.59 Å². The van der Waals surface area contributed by atoms with E-state index in [0.717, 1.165) is 51.4 Å². The number of ether oxygens (including phenoxy) is 1. The lowest BCUT2D eigenvalue weighted by molar-refractivity contribution is -0.148. The number of rotatable bonds is 7. The molecule has 3 rings (SSSR count). The van der Waals surface area contributed by atoms with Gasteiger partial charge in [0, 0.05) is 6.54 Å². The molecule has 3 N–H and O–H groups in total. The molecule has 34 heavy (non-hydrogen) atoms. The van der Waals surface area contributed by atoms with Crippen LogP contribution in [-0.4, -0.2) is 64.7 Å². The highest BCUT2D eigenvalue weighted by Crippen LogP contribution is 2.37. The SMILES string of the molecule is CC(C)(C)OC(=O)N[C@H](C(=O)NCC(=O)N1CC(C2CCCCC2)CC1C(=O)O)C1CCCC1. The second kappa shape index (κ2) is 11.4. The summed E-state index contributed by atoms with van der Waals surface area (Å²) in [6, 6.07) is -1.63. The Labute approximate surface area is 202 Å². The third-order valence-electron chi connectivity index (χ3n) is 7.50. The molecule has 9 heteroatoms. The molecule has 192 valence electrons. The van der Waals surface area contributed by atoms with E-state index in [4.69, 9.17) is 4.74 Å². The van der Waals surface area contributed by atoms with Gasteiger partial charge in [0.05, 0.1) is 6.54 Å². The first-order valence-corrected chi connectivity index (χ1v) is 12.8. The zero-order valence-electron chi connectivity index (χ0n) is 20.8. The molecule has 3 amide bonds. The molecular formula is C25H41N3O6. The highest BCUT2D eigenvalue weighted by Gasteiger charge is 2.42. The molecule has 0 bridgehead atoms. The second-order valence-electron chi connectivity index (χ2n) is 11.2. The van der Waals surface area contributed by atoms with E-state index in [1.54, 1.807) is 20.8 Å². The number of hydrogen-bond acceptors (Lipinski definition) is 5. The molecule has 1 aliphatic heterocycles. The summed E-state index contributed by atoms with van der Waals surface area (Å²) in [6.45, 7) is 5.42. The summed E-state index contributed by atoms with van der Waals surface area (Å²) < 4.78 is 5.32. The lowest BCUT2D eigenvalue weighted by Gasteiger charge is -2.28. The number of nitrogens with zero attached hydrogens (tertiary/aromatic N) is 1. The molecule has 3 atom stereocenters. The first-order chi connectivity index (χ1) is 16.0. The Balaban J connectivity index is 1.59. The number of aliphatic carboxylic acids is 1. The topological polar surface area (TPSA) is 125 Å². The molecular weight excluding hydrogens is 438 g/mol. The van der Waals surface area contributed by atoms with Gasteiger partial charge in [-0.05, 0) is 57.8 Å². The van der Waals surface area contributed by atoms with Crippen LogP contribution in [0, 0.1) is 17.8 Å². The van der Waals surface area contributed by atoms with Crippen molar-refractivity contribution in [3.63, 3.8) is 0 Å². The third-order valence-corrected chi connectivity index (χ3v) is 7.50. The minimum absolute atomic E-state index is 0.0168. The maximum Gasteiger partial charge on any atom is 0.408 e. The van der Waals surface area contributed by atoms with Crippen molar-refractivity contribution in [2.75, 3.05) is 13.1 Å². The van der Waals surface area contributed by atoms with Crippen molar-refractivity contribution >= 4 is 23.9 Å². The molecule has 0 aromatic carbocycles. The predicted molar refractivity (Wildman–Crippen MR) is 126 cm³/mol. The van der Waals surface area contributed by atoms with Gasteiger partial charge < -0.3 is 25.4 Å². The molecule has 2 unspecified atom stereocenters. The molecule has 0 radical (unpaired) electrons. The lowest BCUT2D eigenvalue weighted by Crippen LogP contribution is -2.53. The van der Waals surface area contributed by atoms with Crippen LogP contribution in [0.3, 0.4) is 0 Å². The van der Waals surface area contributed by atoms with Crippen molar-refractivity contribution in [3.05, 3.63) is 0 Å². The predicted octanol–water partition coefficient (Wildman–Crippen LogP) is 3.07. The quantitative estimate of drug-likeness (QED) is 0.515. The van der Waals surface area contributed by atoms with Gasteiger partial charge in [-0.3, -0.25) is 9.59 Å². The van der Waals surface area contributed by atoms with Crippen molar-refractivity contribution in [3.8, 4) is 0 Å². The fourth-order valence-electron chi connectivity index (χ4n) is 5.82.